The summed E-state index contributed by atoms with van der Waals surface area (Å²) in [7, 11) is 0. The number of nitrogens with zero attached hydrogens (tertiary/aromatic N) is 1. The number of benzene rings is 1. The molecule has 1 aromatic carbocycles. The van der Waals surface area contributed by atoms with Crippen LogP contribution in [0.4, 0.5) is 4.39 Å². The Bertz CT molecular complexity index is 403. The molecule has 0 aliphatic carbocycles. The minimum atomic E-state index is -0.0972. The second-order valence-electron chi connectivity index (χ2n) is 5.83. The van der Waals surface area contributed by atoms with Gasteiger partial charge in [-0.05, 0) is 39.8 Å². The van der Waals surface area contributed by atoms with Gasteiger partial charge in [0.15, 0.2) is 0 Å². The Labute approximate surface area is 109 Å². The maximum atomic E-state index is 13.8. The van der Waals surface area contributed by atoms with Gasteiger partial charge in [0.1, 0.15) is 5.82 Å². The van der Waals surface area contributed by atoms with Gasteiger partial charge in [-0.3, -0.25) is 4.90 Å². The molecule has 1 atom stereocenters. The minimum absolute atomic E-state index is 0.0933. The summed E-state index contributed by atoms with van der Waals surface area (Å²) in [6, 6.07) is 7.24. The molecule has 1 N–H and O–H groups in total. The molecule has 3 heteroatoms. The van der Waals surface area contributed by atoms with Crippen molar-refractivity contribution >= 4 is 0 Å². The quantitative estimate of drug-likeness (QED) is 0.868. The van der Waals surface area contributed by atoms with E-state index in [9.17, 15) is 4.39 Å². The number of rotatable bonds is 2. The molecule has 0 amide bonds. The highest BCUT2D eigenvalue weighted by Gasteiger charge is 2.28. The second-order valence-corrected chi connectivity index (χ2v) is 5.83. The van der Waals surface area contributed by atoms with Crippen LogP contribution in [0.3, 0.4) is 0 Å². The SMILES string of the molecule is CC(c1ccccc1F)N1CCCNC(C)(C)C1. The summed E-state index contributed by atoms with van der Waals surface area (Å²) >= 11 is 0. The van der Waals surface area contributed by atoms with Crippen LogP contribution < -0.4 is 5.32 Å². The molecule has 1 aliphatic heterocycles. The van der Waals surface area contributed by atoms with E-state index in [0.29, 0.717) is 0 Å². The Balaban J connectivity index is 2.17. The molecule has 0 aromatic heterocycles. The van der Waals surface area contributed by atoms with Crippen LogP contribution in [0.5, 0.6) is 0 Å². The zero-order valence-electron chi connectivity index (χ0n) is 11.5. The average molecular weight is 250 g/mol. The molecule has 0 bridgehead atoms. The van der Waals surface area contributed by atoms with E-state index in [0.717, 1.165) is 31.6 Å². The lowest BCUT2D eigenvalue weighted by Crippen LogP contribution is -2.46. The van der Waals surface area contributed by atoms with Crippen molar-refractivity contribution in [3.05, 3.63) is 35.6 Å². The van der Waals surface area contributed by atoms with Gasteiger partial charge in [0.05, 0.1) is 0 Å². The first-order valence-electron chi connectivity index (χ1n) is 6.73. The lowest BCUT2D eigenvalue weighted by atomic mass is 10.0. The maximum absolute atomic E-state index is 13.8. The predicted molar refractivity (Wildman–Crippen MR) is 73.1 cm³/mol. The third-order valence-electron chi connectivity index (χ3n) is 3.73. The van der Waals surface area contributed by atoms with Crippen molar-refractivity contribution < 1.29 is 4.39 Å². The molecule has 100 valence electrons. The van der Waals surface area contributed by atoms with Gasteiger partial charge in [0.25, 0.3) is 0 Å². The Hall–Kier alpha value is -0.930. The second kappa shape index (κ2) is 5.37. The first-order chi connectivity index (χ1) is 8.49. The van der Waals surface area contributed by atoms with Crippen molar-refractivity contribution in [2.75, 3.05) is 19.6 Å². The van der Waals surface area contributed by atoms with Crippen LogP contribution in [0.1, 0.15) is 38.8 Å². The highest BCUT2D eigenvalue weighted by Crippen LogP contribution is 2.25. The average Bonchev–Trinajstić information content (AvgIpc) is 2.50. The van der Waals surface area contributed by atoms with E-state index in [1.165, 1.54) is 0 Å². The Morgan fingerprint density at radius 3 is 2.78 bits per heavy atom. The summed E-state index contributed by atoms with van der Waals surface area (Å²) in [6.07, 6.45) is 1.11. The van der Waals surface area contributed by atoms with E-state index in [-0.39, 0.29) is 17.4 Å². The molecule has 1 heterocycles. The Kier molecular flexibility index (Phi) is 4.03. The van der Waals surface area contributed by atoms with Crippen LogP contribution in [0, 0.1) is 5.82 Å². The van der Waals surface area contributed by atoms with E-state index in [1.54, 1.807) is 12.1 Å². The van der Waals surface area contributed by atoms with E-state index in [4.69, 9.17) is 0 Å². The molecule has 0 spiro atoms. The fourth-order valence-electron chi connectivity index (χ4n) is 2.69. The van der Waals surface area contributed by atoms with E-state index >= 15 is 0 Å². The molecule has 1 fully saturated rings. The summed E-state index contributed by atoms with van der Waals surface area (Å²) < 4.78 is 13.8. The number of nitrogens with one attached hydrogen (secondary N) is 1. The van der Waals surface area contributed by atoms with Gasteiger partial charge in [-0.15, -0.1) is 0 Å². The molecule has 2 rings (SSSR count). The summed E-state index contributed by atoms with van der Waals surface area (Å²) in [5, 5.41) is 3.54. The summed E-state index contributed by atoms with van der Waals surface area (Å²) in [6.45, 7) is 9.51. The van der Waals surface area contributed by atoms with Crippen molar-refractivity contribution in [2.45, 2.75) is 38.8 Å². The van der Waals surface area contributed by atoms with Crippen LogP contribution >= 0.6 is 0 Å². The largest absolute Gasteiger partial charge is 0.310 e. The van der Waals surface area contributed by atoms with Crippen molar-refractivity contribution in [3.63, 3.8) is 0 Å². The van der Waals surface area contributed by atoms with Crippen molar-refractivity contribution in [1.29, 1.82) is 0 Å². The molecule has 18 heavy (non-hydrogen) atoms. The molecule has 1 saturated heterocycles. The third kappa shape index (κ3) is 3.09. The predicted octanol–water partition coefficient (Wildman–Crippen LogP) is 2.96. The molecule has 0 saturated carbocycles. The van der Waals surface area contributed by atoms with Gasteiger partial charge >= 0.3 is 0 Å². The number of halogens is 1. The summed E-state index contributed by atoms with van der Waals surface area (Å²) in [4.78, 5) is 2.37. The summed E-state index contributed by atoms with van der Waals surface area (Å²) in [5.74, 6) is -0.0972. The summed E-state index contributed by atoms with van der Waals surface area (Å²) in [5.41, 5.74) is 0.894. The molecular weight excluding hydrogens is 227 g/mol. The monoisotopic (exact) mass is 250 g/mol. The van der Waals surface area contributed by atoms with Gasteiger partial charge < -0.3 is 5.32 Å². The molecule has 1 aromatic rings. The standard InChI is InChI=1S/C15H23FN2/c1-12(13-7-4-5-8-14(13)16)18-10-6-9-17-15(2,3)11-18/h4-5,7-8,12,17H,6,9-11H2,1-3H3. The van der Waals surface area contributed by atoms with Crippen LogP contribution in [-0.4, -0.2) is 30.1 Å². The Morgan fingerprint density at radius 2 is 2.06 bits per heavy atom. The van der Waals surface area contributed by atoms with Crippen molar-refractivity contribution in [3.8, 4) is 0 Å². The highest BCUT2D eigenvalue weighted by atomic mass is 19.1. The van der Waals surface area contributed by atoms with E-state index in [1.807, 2.05) is 12.1 Å². The van der Waals surface area contributed by atoms with Crippen LogP contribution in [0.15, 0.2) is 24.3 Å². The topological polar surface area (TPSA) is 15.3 Å². The smallest absolute Gasteiger partial charge is 0.127 e. The lowest BCUT2D eigenvalue weighted by molar-refractivity contribution is 0.177. The normalized spacial score (nSPS) is 22.4. The van der Waals surface area contributed by atoms with Crippen molar-refractivity contribution in [1.82, 2.24) is 10.2 Å². The fourth-order valence-corrected chi connectivity index (χ4v) is 2.69. The van der Waals surface area contributed by atoms with Gasteiger partial charge in [0, 0.05) is 30.2 Å². The molecule has 1 aliphatic rings. The zero-order valence-corrected chi connectivity index (χ0v) is 11.5. The number of hydrogen-bond donors (Lipinski definition) is 1. The van der Waals surface area contributed by atoms with Crippen LogP contribution in [0.25, 0.3) is 0 Å². The van der Waals surface area contributed by atoms with Gasteiger partial charge in [0.2, 0.25) is 0 Å². The molecule has 0 radical (unpaired) electrons. The molecule has 2 nitrogen and oxygen atoms in total. The Morgan fingerprint density at radius 1 is 1.33 bits per heavy atom. The minimum Gasteiger partial charge on any atom is -0.310 e. The fraction of sp³-hybridized carbons (Fsp3) is 0.600. The first-order valence-corrected chi connectivity index (χ1v) is 6.73. The first kappa shape index (κ1) is 13.5. The van der Waals surface area contributed by atoms with E-state index < -0.39 is 0 Å². The molecule has 1 unspecified atom stereocenters. The van der Waals surface area contributed by atoms with Gasteiger partial charge in [-0.25, -0.2) is 4.39 Å². The van der Waals surface area contributed by atoms with Gasteiger partial charge in [-0.2, -0.15) is 0 Å². The van der Waals surface area contributed by atoms with Crippen molar-refractivity contribution in [2.24, 2.45) is 0 Å². The lowest BCUT2D eigenvalue weighted by Gasteiger charge is -2.34. The van der Waals surface area contributed by atoms with E-state index in [2.05, 4.69) is 31.0 Å². The maximum Gasteiger partial charge on any atom is 0.127 e. The molecular formula is C15H23FN2. The van der Waals surface area contributed by atoms with Gasteiger partial charge in [-0.1, -0.05) is 18.2 Å². The number of hydrogen-bond acceptors (Lipinski definition) is 2. The zero-order chi connectivity index (χ0) is 13.2. The van der Waals surface area contributed by atoms with Crippen LogP contribution in [-0.2, 0) is 0 Å². The highest BCUT2D eigenvalue weighted by molar-refractivity contribution is 5.21. The third-order valence-corrected chi connectivity index (χ3v) is 3.73. The van der Waals surface area contributed by atoms with Crippen LogP contribution in [0.2, 0.25) is 0 Å².